The van der Waals surface area contributed by atoms with E-state index in [1.807, 2.05) is 25.1 Å². The predicted octanol–water partition coefficient (Wildman–Crippen LogP) is 2.55. The van der Waals surface area contributed by atoms with E-state index in [1.54, 1.807) is 0 Å². The lowest BCUT2D eigenvalue weighted by atomic mass is 10.1. The van der Waals surface area contributed by atoms with Gasteiger partial charge in [-0.15, -0.1) is 5.73 Å². The molecule has 0 amide bonds. The standard InChI is InChI=1S/C12H14O/c1-10-4-3-5-12(8-10)7-6-11(2)9-13/h3-5,7-8,13H,9H2,1-2H3. The van der Waals surface area contributed by atoms with Crippen molar-refractivity contribution in [2.45, 2.75) is 13.8 Å². The van der Waals surface area contributed by atoms with Crippen molar-refractivity contribution in [3.63, 3.8) is 0 Å². The molecule has 0 atom stereocenters. The molecule has 0 aliphatic heterocycles. The minimum atomic E-state index is 0.0717. The molecule has 0 aromatic heterocycles. The van der Waals surface area contributed by atoms with E-state index in [0.29, 0.717) is 0 Å². The van der Waals surface area contributed by atoms with E-state index >= 15 is 0 Å². The Balaban J connectivity index is 2.92. The molecule has 1 nitrogen and oxygen atoms in total. The molecule has 0 aliphatic carbocycles. The topological polar surface area (TPSA) is 20.2 Å². The van der Waals surface area contributed by atoms with Gasteiger partial charge in [0, 0.05) is 0 Å². The van der Waals surface area contributed by atoms with Crippen molar-refractivity contribution >= 4 is 6.08 Å². The summed E-state index contributed by atoms with van der Waals surface area (Å²) in [7, 11) is 0. The quantitative estimate of drug-likeness (QED) is 0.683. The van der Waals surface area contributed by atoms with Crippen molar-refractivity contribution in [2.24, 2.45) is 0 Å². The Hall–Kier alpha value is -1.30. The Morgan fingerprint density at radius 1 is 1.54 bits per heavy atom. The van der Waals surface area contributed by atoms with Crippen LogP contribution in [0.4, 0.5) is 0 Å². The number of hydrogen-bond donors (Lipinski definition) is 1. The number of aryl methyl sites for hydroxylation is 1. The van der Waals surface area contributed by atoms with Gasteiger partial charge in [0.2, 0.25) is 0 Å². The molecule has 0 heterocycles. The Labute approximate surface area is 79.0 Å². The zero-order valence-electron chi connectivity index (χ0n) is 8.04. The number of hydrogen-bond acceptors (Lipinski definition) is 1. The molecule has 13 heavy (non-hydrogen) atoms. The van der Waals surface area contributed by atoms with Crippen LogP contribution in [0.25, 0.3) is 6.08 Å². The van der Waals surface area contributed by atoms with Crippen molar-refractivity contribution in [2.75, 3.05) is 6.61 Å². The molecule has 0 spiro atoms. The smallest absolute Gasteiger partial charge is 0.0713 e. The van der Waals surface area contributed by atoms with E-state index in [2.05, 4.69) is 24.8 Å². The fourth-order valence-electron chi connectivity index (χ4n) is 1.01. The number of rotatable bonds is 2. The highest BCUT2D eigenvalue weighted by Crippen LogP contribution is 2.05. The highest BCUT2D eigenvalue weighted by Gasteiger charge is 1.86. The summed E-state index contributed by atoms with van der Waals surface area (Å²) in [4.78, 5) is 0. The molecule has 68 valence electrons. The monoisotopic (exact) mass is 174 g/mol. The molecule has 1 heteroatoms. The first kappa shape index (κ1) is 9.79. The van der Waals surface area contributed by atoms with Crippen LogP contribution in [-0.2, 0) is 0 Å². The van der Waals surface area contributed by atoms with E-state index in [1.165, 1.54) is 5.56 Å². The minimum absolute atomic E-state index is 0.0717. The third-order valence-corrected chi connectivity index (χ3v) is 1.76. The van der Waals surface area contributed by atoms with Crippen molar-refractivity contribution in [1.29, 1.82) is 0 Å². The first-order valence-electron chi connectivity index (χ1n) is 4.32. The largest absolute Gasteiger partial charge is 0.391 e. The molecule has 0 saturated heterocycles. The van der Waals surface area contributed by atoms with Gasteiger partial charge >= 0.3 is 0 Å². The summed E-state index contributed by atoms with van der Waals surface area (Å²) in [5.74, 6) is 0. The van der Waals surface area contributed by atoms with Gasteiger partial charge < -0.3 is 5.11 Å². The molecular formula is C12H14O. The van der Waals surface area contributed by atoms with Crippen LogP contribution < -0.4 is 0 Å². The first-order chi connectivity index (χ1) is 6.22. The number of aliphatic hydroxyl groups is 1. The van der Waals surface area contributed by atoms with Crippen molar-refractivity contribution < 1.29 is 5.11 Å². The molecule has 0 unspecified atom stereocenters. The van der Waals surface area contributed by atoms with Gasteiger partial charge in [-0.25, -0.2) is 0 Å². The summed E-state index contributed by atoms with van der Waals surface area (Å²) in [5, 5.41) is 8.75. The van der Waals surface area contributed by atoms with E-state index in [9.17, 15) is 0 Å². The molecule has 0 fully saturated rings. The van der Waals surface area contributed by atoms with Gasteiger partial charge in [-0.1, -0.05) is 29.8 Å². The lowest BCUT2D eigenvalue weighted by molar-refractivity contribution is 0.332. The lowest BCUT2D eigenvalue weighted by Gasteiger charge is -1.93. The summed E-state index contributed by atoms with van der Waals surface area (Å²) >= 11 is 0. The Morgan fingerprint density at radius 3 is 2.92 bits per heavy atom. The van der Waals surface area contributed by atoms with Gasteiger partial charge in [-0.2, -0.15) is 0 Å². The third kappa shape index (κ3) is 3.29. The van der Waals surface area contributed by atoms with Gasteiger partial charge in [-0.3, -0.25) is 0 Å². The average Bonchev–Trinajstić information content (AvgIpc) is 2.14. The van der Waals surface area contributed by atoms with Gasteiger partial charge in [0.15, 0.2) is 0 Å². The van der Waals surface area contributed by atoms with Crippen molar-refractivity contribution in [3.05, 3.63) is 46.7 Å². The molecule has 0 bridgehead atoms. The van der Waals surface area contributed by atoms with Gasteiger partial charge in [0.05, 0.1) is 6.61 Å². The van der Waals surface area contributed by atoms with E-state index in [4.69, 9.17) is 5.11 Å². The molecule has 1 aromatic rings. The molecule has 1 rings (SSSR count). The highest BCUT2D eigenvalue weighted by molar-refractivity contribution is 5.50. The SMILES string of the molecule is CC(=C=Cc1cccc(C)c1)CO. The second-order valence-electron chi connectivity index (χ2n) is 3.14. The van der Waals surface area contributed by atoms with Crippen LogP contribution in [0.2, 0.25) is 0 Å². The predicted molar refractivity (Wildman–Crippen MR) is 55.4 cm³/mol. The van der Waals surface area contributed by atoms with Crippen LogP contribution in [0, 0.1) is 6.92 Å². The van der Waals surface area contributed by atoms with E-state index < -0.39 is 0 Å². The summed E-state index contributed by atoms with van der Waals surface area (Å²) in [6.45, 7) is 3.98. The van der Waals surface area contributed by atoms with Crippen LogP contribution in [-0.4, -0.2) is 11.7 Å². The molecule has 1 N–H and O–H groups in total. The Morgan fingerprint density at radius 2 is 2.31 bits per heavy atom. The second-order valence-corrected chi connectivity index (χ2v) is 3.14. The van der Waals surface area contributed by atoms with Gasteiger partial charge in [-0.05, 0) is 31.1 Å². The summed E-state index contributed by atoms with van der Waals surface area (Å²) in [6, 6.07) is 8.17. The molecular weight excluding hydrogens is 160 g/mol. The first-order valence-corrected chi connectivity index (χ1v) is 4.32. The highest BCUT2D eigenvalue weighted by atomic mass is 16.3. The van der Waals surface area contributed by atoms with Crippen LogP contribution in [0.3, 0.4) is 0 Å². The Bertz CT molecular complexity index is 344. The fraction of sp³-hybridized carbons (Fsp3) is 0.250. The van der Waals surface area contributed by atoms with Gasteiger partial charge in [0.25, 0.3) is 0 Å². The molecule has 0 aliphatic rings. The van der Waals surface area contributed by atoms with E-state index in [-0.39, 0.29) is 6.61 Å². The zero-order valence-corrected chi connectivity index (χ0v) is 8.04. The second kappa shape index (κ2) is 4.66. The lowest BCUT2D eigenvalue weighted by Crippen LogP contribution is -1.80. The molecule has 0 radical (unpaired) electrons. The van der Waals surface area contributed by atoms with Crippen molar-refractivity contribution in [3.8, 4) is 0 Å². The summed E-state index contributed by atoms with van der Waals surface area (Å²) < 4.78 is 0. The molecule has 1 aromatic carbocycles. The Kier molecular flexibility index (Phi) is 3.51. The third-order valence-electron chi connectivity index (χ3n) is 1.76. The zero-order chi connectivity index (χ0) is 9.68. The number of benzene rings is 1. The van der Waals surface area contributed by atoms with Crippen LogP contribution in [0.5, 0.6) is 0 Å². The van der Waals surface area contributed by atoms with Crippen LogP contribution >= 0.6 is 0 Å². The molecule has 0 saturated carbocycles. The summed E-state index contributed by atoms with van der Waals surface area (Å²) in [5.41, 5.74) is 6.22. The van der Waals surface area contributed by atoms with Crippen LogP contribution in [0.1, 0.15) is 18.1 Å². The van der Waals surface area contributed by atoms with Crippen LogP contribution in [0.15, 0.2) is 35.6 Å². The van der Waals surface area contributed by atoms with Crippen molar-refractivity contribution in [1.82, 2.24) is 0 Å². The average molecular weight is 174 g/mol. The number of aliphatic hydroxyl groups excluding tert-OH is 1. The summed E-state index contributed by atoms with van der Waals surface area (Å²) in [6.07, 6.45) is 1.89. The van der Waals surface area contributed by atoms with Gasteiger partial charge in [0.1, 0.15) is 0 Å². The maximum Gasteiger partial charge on any atom is 0.0713 e. The maximum atomic E-state index is 8.75. The minimum Gasteiger partial charge on any atom is -0.391 e. The van der Waals surface area contributed by atoms with E-state index in [0.717, 1.165) is 11.1 Å². The maximum absolute atomic E-state index is 8.75. The normalized spacial score (nSPS) is 9.15. The fourth-order valence-corrected chi connectivity index (χ4v) is 1.01.